The monoisotopic (exact) mass is 1030 g/mol. The first-order valence-corrected chi connectivity index (χ1v) is 23.4. The van der Waals surface area contributed by atoms with Crippen LogP contribution in [0.5, 0.6) is 0 Å². The Hall–Kier alpha value is -5.97. The van der Waals surface area contributed by atoms with Crippen LogP contribution in [0.2, 0.25) is 0 Å². The third kappa shape index (κ3) is 15.5. The summed E-state index contributed by atoms with van der Waals surface area (Å²) in [4.78, 5) is 99.9. The molecule has 4 aliphatic rings. The van der Waals surface area contributed by atoms with Crippen LogP contribution in [-0.2, 0) is 38.2 Å². The van der Waals surface area contributed by atoms with Gasteiger partial charge in [0.05, 0.1) is 0 Å². The first kappa shape index (κ1) is 62.0. The Bertz CT molecular complexity index is 2220. The first-order valence-electron chi connectivity index (χ1n) is 21.3. The highest BCUT2D eigenvalue weighted by Gasteiger charge is 2.65. The van der Waals surface area contributed by atoms with Crippen molar-refractivity contribution in [2.24, 2.45) is 5.73 Å². The summed E-state index contributed by atoms with van der Waals surface area (Å²) in [6.07, 6.45) is 8.89. The van der Waals surface area contributed by atoms with Gasteiger partial charge in [0.2, 0.25) is 23.6 Å². The minimum atomic E-state index is -1.12. The zero-order valence-electron chi connectivity index (χ0n) is 38.7. The molecular formula is C48H66ClN7O12S2. The number of alkyl carbamates (subject to hydrolysis) is 1. The number of carbonyl (C=O) groups excluding carboxylic acids is 6. The minimum Gasteiger partial charge on any atom is -0.480 e. The number of carbonyl (C=O) groups is 8. The summed E-state index contributed by atoms with van der Waals surface area (Å²) >= 11 is 7.40. The predicted octanol–water partition coefficient (Wildman–Crippen LogP) is 4.65. The second-order valence-electron chi connectivity index (χ2n) is 16.2. The normalized spacial score (nSPS) is 22.1. The van der Waals surface area contributed by atoms with Gasteiger partial charge in [0.1, 0.15) is 47.0 Å². The largest absolute Gasteiger partial charge is 0.480 e. The maximum Gasteiger partial charge on any atom is 0.409 e. The number of ether oxygens (including phenoxy) is 2. The zero-order valence-corrected chi connectivity index (χ0v) is 41.1. The lowest BCUT2D eigenvalue weighted by Gasteiger charge is -2.43. The molecule has 0 unspecified atom stereocenters. The Balaban J connectivity index is 0.000000544. The van der Waals surface area contributed by atoms with Crippen molar-refractivity contribution >= 4 is 82.2 Å². The lowest BCUT2D eigenvalue weighted by molar-refractivity contribution is -0.161. The van der Waals surface area contributed by atoms with Crippen LogP contribution < -0.4 is 21.7 Å². The van der Waals surface area contributed by atoms with E-state index in [1.165, 1.54) is 53.0 Å². The van der Waals surface area contributed by atoms with E-state index in [1.807, 2.05) is 6.07 Å². The molecule has 2 aromatic rings. The van der Waals surface area contributed by atoms with Crippen molar-refractivity contribution in [2.45, 2.75) is 120 Å². The molecule has 7 N–H and O–H groups in total. The molecule has 4 fully saturated rings. The lowest BCUT2D eigenvalue weighted by Crippen LogP contribution is -2.71. The molecule has 0 spiro atoms. The molecule has 4 aliphatic heterocycles. The quantitative estimate of drug-likeness (QED) is 0.0854. The number of amides is 5. The highest BCUT2D eigenvalue weighted by molar-refractivity contribution is 8.02. The van der Waals surface area contributed by atoms with Crippen molar-refractivity contribution in [3.8, 4) is 24.7 Å². The molecule has 4 saturated heterocycles. The number of β-lactam (4-membered cyclic amide) rings is 2. The summed E-state index contributed by atoms with van der Waals surface area (Å²) in [6, 6.07) is 11.8. The van der Waals surface area contributed by atoms with Gasteiger partial charge in [-0.25, -0.2) is 19.2 Å². The Labute approximate surface area is 424 Å². The number of benzene rings is 2. The van der Waals surface area contributed by atoms with E-state index in [-0.39, 0.29) is 39.3 Å². The number of aliphatic carboxylic acids is 2. The van der Waals surface area contributed by atoms with Gasteiger partial charge in [-0.2, -0.15) is 0 Å². The maximum absolute atomic E-state index is 12.9. The molecule has 0 bridgehead atoms. The lowest BCUT2D eigenvalue weighted by atomic mass is 9.95. The molecule has 4 heterocycles. The van der Waals surface area contributed by atoms with Crippen LogP contribution in [0.3, 0.4) is 0 Å². The maximum atomic E-state index is 12.9. The van der Waals surface area contributed by atoms with Gasteiger partial charge in [-0.05, 0) is 58.5 Å². The topological polar surface area (TPSA) is 267 Å². The van der Waals surface area contributed by atoms with Gasteiger partial charge >= 0.3 is 23.5 Å². The number of thioether (sulfide) groups is 2. The predicted molar refractivity (Wildman–Crippen MR) is 270 cm³/mol. The average Bonchev–Trinajstić information content (AvgIpc) is 3.73. The van der Waals surface area contributed by atoms with Gasteiger partial charge < -0.3 is 56.1 Å². The fourth-order valence-corrected chi connectivity index (χ4v) is 10.9. The van der Waals surface area contributed by atoms with Crippen LogP contribution in [0.25, 0.3) is 0 Å². The van der Waals surface area contributed by atoms with E-state index in [0.717, 1.165) is 0 Å². The molecule has 19 nitrogen and oxygen atoms in total. The van der Waals surface area contributed by atoms with E-state index in [4.69, 9.17) is 34.9 Å². The first-order chi connectivity index (χ1) is 32.0. The number of halogens is 1. The zero-order chi connectivity index (χ0) is 51.1. The van der Waals surface area contributed by atoms with Gasteiger partial charge in [0.25, 0.3) is 0 Å². The molecule has 384 valence electrons. The third-order valence-electron chi connectivity index (χ3n) is 10.9. The number of nitrogens with zero attached hydrogens (tertiary/aromatic N) is 3. The van der Waals surface area contributed by atoms with Crippen molar-refractivity contribution < 1.29 is 58.0 Å². The molecule has 5 amide bonds. The summed E-state index contributed by atoms with van der Waals surface area (Å²) in [7, 11) is 0. The fraction of sp³-hybridized carbons (Fsp3) is 0.500. The number of nitrogens with two attached hydrogens (primary N) is 1. The van der Waals surface area contributed by atoms with E-state index in [1.54, 1.807) is 82.3 Å². The minimum absolute atomic E-state index is 0. The van der Waals surface area contributed by atoms with E-state index < -0.39 is 92.3 Å². The molecule has 0 saturated carbocycles. The fourth-order valence-electron chi connectivity index (χ4n) is 7.56. The second kappa shape index (κ2) is 28.0. The number of carboxylic acid groups (broad SMARTS) is 2. The van der Waals surface area contributed by atoms with E-state index in [0.29, 0.717) is 11.1 Å². The molecule has 6 rings (SSSR count). The van der Waals surface area contributed by atoms with Crippen LogP contribution >= 0.6 is 35.1 Å². The molecule has 22 heteroatoms. The molecule has 0 aromatic heterocycles. The molecule has 8 atom stereocenters. The van der Waals surface area contributed by atoms with Crippen molar-refractivity contribution in [1.82, 2.24) is 30.7 Å². The van der Waals surface area contributed by atoms with Crippen LogP contribution in [0.4, 0.5) is 9.59 Å². The summed E-state index contributed by atoms with van der Waals surface area (Å²) in [5.74, 6) is 0.195. The number of fused-ring (bicyclic) bond motifs is 2. The SMILES string of the molecule is C.C.C#CCOC(=O)Cl.C#CCOC(=O)N[C@@H](C(=O)N[C@@H]1C(=O)N2[C@@H]1SC(C)(C)[C@@H]2C(=O)O)c1ccccc1.CC1(C)S[C@@H]2[C@H](NC(=O)[C@H](N)c3ccccc3)C(=O)N2[C@H]1C(=O)O.CCN(CC)CC. The number of hydrogen-bond acceptors (Lipinski definition) is 14. The molecular weight excluding hydrogens is 966 g/mol. The van der Waals surface area contributed by atoms with Gasteiger partial charge in [-0.3, -0.25) is 19.2 Å². The van der Waals surface area contributed by atoms with Crippen molar-refractivity contribution in [2.75, 3.05) is 32.8 Å². The number of nitrogens with one attached hydrogen (secondary N) is 3. The Morgan fingerprint density at radius 3 is 1.46 bits per heavy atom. The van der Waals surface area contributed by atoms with Crippen molar-refractivity contribution in [3.05, 3.63) is 71.8 Å². The number of hydrogen-bond donors (Lipinski definition) is 6. The Morgan fingerprint density at radius 2 is 1.11 bits per heavy atom. The summed E-state index contributed by atoms with van der Waals surface area (Å²) in [5, 5.41) is 25.7. The summed E-state index contributed by atoms with van der Waals surface area (Å²) in [5.41, 5.74) is 6.22. The van der Waals surface area contributed by atoms with Crippen molar-refractivity contribution in [1.29, 1.82) is 0 Å². The van der Waals surface area contributed by atoms with Crippen LogP contribution in [0.15, 0.2) is 60.7 Å². The standard InChI is InChI=1S/C20H21N3O6S.C16H19N3O4S.C6H15N.C4H3ClO2.2CH4/c1-4-10-29-19(28)22-12(11-8-6-5-7-9-11)15(24)21-13-16(25)23-14(18(26)27)20(2,3)30-17(13)23;1-16(2)11(15(22)23)19-13(21)10(14(19)24-16)18-12(20)9(17)8-6-4-3-5-7-8;1-4-7(5-2)6-3;1-2-3-7-4(5)6;;/h1,5-9,12-14,17H,10H2,2-3H3,(H,21,24)(H,22,28)(H,26,27);3-7,9-11,14H,17H2,1-2H3,(H,18,20)(H,22,23);4-6H2,1-3H3;1H,3H2;2*1H4/t12-,13-,14+,17-;9-,10-,11+,14-;;;;/m11..../s1. The molecule has 0 radical (unpaired) electrons. The van der Waals surface area contributed by atoms with Crippen LogP contribution in [0, 0.1) is 24.7 Å². The second-order valence-corrected chi connectivity index (χ2v) is 20.0. The van der Waals surface area contributed by atoms with Crippen LogP contribution in [0.1, 0.15) is 86.5 Å². The van der Waals surface area contributed by atoms with Gasteiger partial charge in [-0.15, -0.1) is 36.4 Å². The van der Waals surface area contributed by atoms with E-state index in [2.05, 4.69) is 58.2 Å². The number of rotatable bonds is 14. The number of terminal acetylenes is 2. The summed E-state index contributed by atoms with van der Waals surface area (Å²) in [6.45, 7) is 16.9. The Kier molecular flexibility index (Phi) is 24.8. The third-order valence-corrected chi connectivity index (χ3v) is 14.2. The van der Waals surface area contributed by atoms with E-state index >= 15 is 0 Å². The van der Waals surface area contributed by atoms with Crippen molar-refractivity contribution in [3.63, 3.8) is 0 Å². The molecule has 2 aromatic carbocycles. The molecule has 0 aliphatic carbocycles. The molecule has 70 heavy (non-hydrogen) atoms. The Morgan fingerprint density at radius 1 is 0.729 bits per heavy atom. The van der Waals surface area contributed by atoms with Gasteiger partial charge in [-0.1, -0.05) is 108 Å². The van der Waals surface area contributed by atoms with Gasteiger partial charge in [0, 0.05) is 21.1 Å². The summed E-state index contributed by atoms with van der Waals surface area (Å²) < 4.78 is 7.54. The van der Waals surface area contributed by atoms with Gasteiger partial charge in [0.15, 0.2) is 13.2 Å². The average molecular weight is 1030 g/mol. The smallest absolute Gasteiger partial charge is 0.409 e. The number of carboxylic acids is 2. The van der Waals surface area contributed by atoms with Crippen LogP contribution in [-0.4, -0.2) is 149 Å². The highest BCUT2D eigenvalue weighted by Crippen LogP contribution is 2.52. The van der Waals surface area contributed by atoms with E-state index in [9.17, 15) is 48.6 Å². The highest BCUT2D eigenvalue weighted by atomic mass is 35.5.